The molecule has 3 heterocycles. The summed E-state index contributed by atoms with van der Waals surface area (Å²) in [5.41, 5.74) is 1.03. The van der Waals surface area contributed by atoms with Gasteiger partial charge in [-0.3, -0.25) is 4.79 Å². The summed E-state index contributed by atoms with van der Waals surface area (Å²) in [6.07, 6.45) is 3.69. The first-order chi connectivity index (χ1) is 12.0. The summed E-state index contributed by atoms with van der Waals surface area (Å²) in [7, 11) is 0. The molecule has 6 heteroatoms. The Kier molecular flexibility index (Phi) is 5.35. The zero-order chi connectivity index (χ0) is 18.0. The highest BCUT2D eigenvalue weighted by Gasteiger charge is 2.31. The van der Waals surface area contributed by atoms with Crippen molar-refractivity contribution in [1.29, 1.82) is 0 Å². The van der Waals surface area contributed by atoms with E-state index in [-0.39, 0.29) is 23.9 Å². The van der Waals surface area contributed by atoms with E-state index >= 15 is 0 Å². The number of hydrogen-bond acceptors (Lipinski definition) is 3. The Morgan fingerprint density at radius 1 is 1.12 bits per heavy atom. The molecule has 1 unspecified atom stereocenters. The topological polar surface area (TPSA) is 65.8 Å². The number of nitrogens with one attached hydrogen (secondary N) is 1. The number of aryl methyl sites for hydroxylation is 2. The van der Waals surface area contributed by atoms with Gasteiger partial charge in [0.2, 0.25) is 5.91 Å². The summed E-state index contributed by atoms with van der Waals surface area (Å²) in [4.78, 5) is 28.8. The van der Waals surface area contributed by atoms with Crippen molar-refractivity contribution in [3.8, 4) is 0 Å². The molecule has 1 aromatic rings. The van der Waals surface area contributed by atoms with E-state index in [2.05, 4.69) is 5.32 Å². The second kappa shape index (κ2) is 7.50. The van der Waals surface area contributed by atoms with Gasteiger partial charge in [0.1, 0.15) is 11.5 Å². The second-order valence-electron chi connectivity index (χ2n) is 7.34. The van der Waals surface area contributed by atoms with Crippen LogP contribution >= 0.6 is 0 Å². The van der Waals surface area contributed by atoms with E-state index in [9.17, 15) is 9.59 Å². The number of piperidine rings is 1. The number of likely N-dealkylation sites (tertiary alicyclic amines) is 2. The molecule has 0 bridgehead atoms. The quantitative estimate of drug-likeness (QED) is 0.914. The molecule has 0 aliphatic carbocycles. The molecule has 2 aliphatic rings. The fourth-order valence-electron chi connectivity index (χ4n) is 3.93. The van der Waals surface area contributed by atoms with Gasteiger partial charge < -0.3 is 19.5 Å². The Bertz CT molecular complexity index is 626. The maximum atomic E-state index is 12.6. The lowest BCUT2D eigenvalue weighted by Crippen LogP contribution is -2.47. The lowest BCUT2D eigenvalue weighted by molar-refractivity contribution is -0.126. The Hall–Kier alpha value is -1.98. The monoisotopic (exact) mass is 347 g/mol. The molecule has 1 atom stereocenters. The van der Waals surface area contributed by atoms with Gasteiger partial charge in [0.25, 0.3) is 0 Å². The highest BCUT2D eigenvalue weighted by atomic mass is 16.3. The van der Waals surface area contributed by atoms with E-state index in [0.29, 0.717) is 13.1 Å². The van der Waals surface area contributed by atoms with Gasteiger partial charge in [-0.1, -0.05) is 0 Å². The smallest absolute Gasteiger partial charge is 0.319 e. The molecular weight excluding hydrogens is 318 g/mol. The number of amides is 3. The maximum absolute atomic E-state index is 12.6. The molecule has 1 N–H and O–H groups in total. The number of rotatable bonds is 3. The molecule has 1 aromatic heterocycles. The van der Waals surface area contributed by atoms with Crippen molar-refractivity contribution in [3.05, 3.63) is 23.2 Å². The van der Waals surface area contributed by atoms with Gasteiger partial charge in [-0.2, -0.15) is 0 Å². The summed E-state index contributed by atoms with van der Waals surface area (Å²) in [6, 6.07) is 2.07. The van der Waals surface area contributed by atoms with Crippen LogP contribution in [0.4, 0.5) is 4.79 Å². The van der Waals surface area contributed by atoms with Gasteiger partial charge in [0.05, 0.1) is 6.04 Å². The average molecular weight is 347 g/mol. The van der Waals surface area contributed by atoms with Crippen LogP contribution < -0.4 is 5.32 Å². The lowest BCUT2D eigenvalue weighted by atomic mass is 9.95. The predicted molar refractivity (Wildman–Crippen MR) is 95.2 cm³/mol. The minimum absolute atomic E-state index is 0.0154. The third kappa shape index (κ3) is 3.99. The van der Waals surface area contributed by atoms with Gasteiger partial charge in [-0.05, 0) is 52.5 Å². The van der Waals surface area contributed by atoms with Crippen LogP contribution in [0.3, 0.4) is 0 Å². The van der Waals surface area contributed by atoms with E-state index in [1.54, 1.807) is 0 Å². The Morgan fingerprint density at radius 3 is 2.28 bits per heavy atom. The van der Waals surface area contributed by atoms with Gasteiger partial charge in [-0.25, -0.2) is 4.79 Å². The molecule has 0 saturated carbocycles. The molecule has 6 nitrogen and oxygen atoms in total. The van der Waals surface area contributed by atoms with Crippen LogP contribution in [0.5, 0.6) is 0 Å². The Balaban J connectivity index is 1.49. The number of carbonyl (C=O) groups excluding carboxylic acids is 2. The number of carbonyl (C=O) groups is 2. The van der Waals surface area contributed by atoms with Crippen molar-refractivity contribution in [1.82, 2.24) is 15.1 Å². The zero-order valence-electron chi connectivity index (χ0n) is 15.5. The molecule has 3 rings (SSSR count). The summed E-state index contributed by atoms with van der Waals surface area (Å²) in [5, 5.41) is 3.11. The maximum Gasteiger partial charge on any atom is 0.319 e. The molecule has 0 radical (unpaired) electrons. The minimum Gasteiger partial charge on any atom is -0.466 e. The third-order valence-corrected chi connectivity index (χ3v) is 5.42. The van der Waals surface area contributed by atoms with Crippen LogP contribution in [0.2, 0.25) is 0 Å². The van der Waals surface area contributed by atoms with Crippen molar-refractivity contribution in [2.75, 3.05) is 26.2 Å². The van der Waals surface area contributed by atoms with Crippen LogP contribution in [-0.2, 0) is 4.79 Å². The first kappa shape index (κ1) is 17.8. The van der Waals surface area contributed by atoms with Crippen molar-refractivity contribution >= 4 is 11.9 Å². The summed E-state index contributed by atoms with van der Waals surface area (Å²) in [5.74, 6) is 1.79. The summed E-state index contributed by atoms with van der Waals surface area (Å²) < 4.78 is 5.55. The first-order valence-corrected chi connectivity index (χ1v) is 9.37. The number of hydrogen-bond donors (Lipinski definition) is 1. The number of urea groups is 1. The SMILES string of the molecule is Cc1cc(C(C)NC(=O)C2CCN(C(=O)N3CCCC3)CC2)c(C)o1. The highest BCUT2D eigenvalue weighted by Crippen LogP contribution is 2.24. The highest BCUT2D eigenvalue weighted by molar-refractivity contribution is 5.80. The zero-order valence-corrected chi connectivity index (χ0v) is 15.5. The fourth-order valence-corrected chi connectivity index (χ4v) is 3.93. The molecule has 2 fully saturated rings. The van der Waals surface area contributed by atoms with Crippen LogP contribution in [0, 0.1) is 19.8 Å². The van der Waals surface area contributed by atoms with Crippen LogP contribution in [-0.4, -0.2) is 47.9 Å². The van der Waals surface area contributed by atoms with Gasteiger partial charge in [-0.15, -0.1) is 0 Å². The predicted octanol–water partition coefficient (Wildman–Crippen LogP) is 3.00. The normalized spacial score (nSPS) is 20.0. The summed E-state index contributed by atoms with van der Waals surface area (Å²) >= 11 is 0. The Labute approximate surface area is 149 Å². The molecule has 2 saturated heterocycles. The summed E-state index contributed by atoms with van der Waals surface area (Å²) in [6.45, 7) is 8.92. The minimum atomic E-state index is -0.0609. The van der Waals surface area contributed by atoms with E-state index in [0.717, 1.165) is 55.9 Å². The van der Waals surface area contributed by atoms with E-state index in [1.165, 1.54) is 0 Å². The Morgan fingerprint density at radius 2 is 1.72 bits per heavy atom. The third-order valence-electron chi connectivity index (χ3n) is 5.42. The van der Waals surface area contributed by atoms with Crippen molar-refractivity contribution in [2.45, 2.75) is 52.5 Å². The van der Waals surface area contributed by atoms with E-state index < -0.39 is 0 Å². The van der Waals surface area contributed by atoms with Crippen LogP contribution in [0.25, 0.3) is 0 Å². The number of furan rings is 1. The molecular formula is C19H29N3O3. The fraction of sp³-hybridized carbons (Fsp3) is 0.684. The second-order valence-corrected chi connectivity index (χ2v) is 7.34. The lowest BCUT2D eigenvalue weighted by Gasteiger charge is -2.34. The van der Waals surface area contributed by atoms with Gasteiger partial charge >= 0.3 is 6.03 Å². The van der Waals surface area contributed by atoms with Crippen LogP contribution in [0.15, 0.2) is 10.5 Å². The molecule has 25 heavy (non-hydrogen) atoms. The van der Waals surface area contributed by atoms with E-state index in [1.807, 2.05) is 36.6 Å². The molecule has 3 amide bonds. The molecule has 0 aromatic carbocycles. The van der Waals surface area contributed by atoms with Crippen LogP contribution in [0.1, 0.15) is 55.7 Å². The van der Waals surface area contributed by atoms with Crippen molar-refractivity contribution in [2.24, 2.45) is 5.92 Å². The molecule has 138 valence electrons. The first-order valence-electron chi connectivity index (χ1n) is 9.37. The van der Waals surface area contributed by atoms with E-state index in [4.69, 9.17) is 4.42 Å². The average Bonchev–Trinajstić information content (AvgIpc) is 3.24. The molecule has 0 spiro atoms. The van der Waals surface area contributed by atoms with Gasteiger partial charge in [0.15, 0.2) is 0 Å². The standard InChI is InChI=1S/C19H29N3O3/c1-13-12-17(15(3)25-13)14(2)20-18(23)16-6-10-22(11-7-16)19(24)21-8-4-5-9-21/h12,14,16H,4-11H2,1-3H3,(H,20,23). The van der Waals surface area contributed by atoms with Gasteiger partial charge in [0, 0.05) is 37.7 Å². The largest absolute Gasteiger partial charge is 0.466 e. The van der Waals surface area contributed by atoms with Crippen molar-refractivity contribution < 1.29 is 14.0 Å². The van der Waals surface area contributed by atoms with Crippen molar-refractivity contribution in [3.63, 3.8) is 0 Å². The molecule has 2 aliphatic heterocycles. The number of nitrogens with zero attached hydrogens (tertiary/aromatic N) is 2.